The molecule has 10 heteroatoms. The second-order valence-corrected chi connectivity index (χ2v) is 17.5. The molecule has 0 N–H and O–H groups in total. The van der Waals surface area contributed by atoms with Crippen molar-refractivity contribution < 1.29 is 18.3 Å². The van der Waals surface area contributed by atoms with Gasteiger partial charge in [0.15, 0.2) is 0 Å². The van der Waals surface area contributed by atoms with Gasteiger partial charge in [0, 0.05) is 36.9 Å². The van der Waals surface area contributed by atoms with Crippen LogP contribution >= 0.6 is 11.3 Å². The van der Waals surface area contributed by atoms with Crippen molar-refractivity contribution in [1.29, 1.82) is 0 Å². The Labute approximate surface area is 219 Å². The van der Waals surface area contributed by atoms with Gasteiger partial charge in [-0.2, -0.15) is 0 Å². The summed E-state index contributed by atoms with van der Waals surface area (Å²) in [6.45, 7) is 11.6. The van der Waals surface area contributed by atoms with Crippen LogP contribution in [0.15, 0.2) is 42.0 Å². The van der Waals surface area contributed by atoms with Crippen molar-refractivity contribution in [2.75, 3.05) is 11.5 Å². The molecule has 37 heavy (non-hydrogen) atoms. The zero-order valence-corrected chi connectivity index (χ0v) is 23.4. The van der Waals surface area contributed by atoms with Gasteiger partial charge in [-0.15, -0.1) is 11.3 Å². The van der Waals surface area contributed by atoms with E-state index in [1.54, 1.807) is 30.8 Å². The van der Waals surface area contributed by atoms with Gasteiger partial charge in [0.1, 0.15) is 18.4 Å². The Morgan fingerprint density at radius 3 is 2.51 bits per heavy atom. The number of thiazole rings is 1. The van der Waals surface area contributed by atoms with E-state index in [2.05, 4.69) is 29.6 Å². The zero-order valence-electron chi connectivity index (χ0n) is 21.6. The molecular weight excluding hydrogens is 510 g/mol. The molecule has 1 fully saturated rings. The van der Waals surface area contributed by atoms with Crippen LogP contribution in [0.3, 0.4) is 0 Å². The topological polar surface area (TPSA) is 60.2 Å². The first-order valence-corrected chi connectivity index (χ1v) is 16.9. The van der Waals surface area contributed by atoms with Crippen molar-refractivity contribution in [3.8, 4) is 11.3 Å². The molecule has 0 radical (unpaired) electrons. The smallest absolute Gasteiger partial charge is 0.232 e. The Kier molecular flexibility index (Phi) is 6.76. The van der Waals surface area contributed by atoms with Gasteiger partial charge in [0.2, 0.25) is 5.91 Å². The minimum absolute atomic E-state index is 0.107. The number of hydrogen-bond acceptors (Lipinski definition) is 5. The predicted molar refractivity (Wildman–Crippen MR) is 145 cm³/mol. The number of aromatic nitrogens is 3. The highest BCUT2D eigenvalue weighted by Crippen LogP contribution is 2.46. The Balaban J connectivity index is 1.40. The summed E-state index contributed by atoms with van der Waals surface area (Å²) in [6.07, 6.45) is 1.71. The lowest BCUT2D eigenvalue weighted by Gasteiger charge is -2.46. The van der Waals surface area contributed by atoms with Gasteiger partial charge < -0.3 is 14.2 Å². The normalized spacial score (nSPS) is 18.0. The van der Waals surface area contributed by atoms with Gasteiger partial charge in [-0.3, -0.25) is 4.79 Å². The fourth-order valence-electron chi connectivity index (χ4n) is 4.66. The minimum Gasteiger partial charge on any atom is -0.361 e. The number of imidazole rings is 1. The molecule has 3 heterocycles. The van der Waals surface area contributed by atoms with Gasteiger partial charge in [0.05, 0.1) is 40.0 Å². The van der Waals surface area contributed by atoms with Crippen LogP contribution < -0.4 is 4.90 Å². The summed E-state index contributed by atoms with van der Waals surface area (Å²) in [6, 6.07) is 8.38. The van der Waals surface area contributed by atoms with E-state index in [0.29, 0.717) is 35.8 Å². The van der Waals surface area contributed by atoms with E-state index >= 15 is 8.78 Å². The van der Waals surface area contributed by atoms with Gasteiger partial charge in [0.25, 0.3) is 0 Å². The van der Waals surface area contributed by atoms with E-state index in [-0.39, 0.29) is 11.5 Å². The number of halogens is 2. The zero-order chi connectivity index (χ0) is 26.5. The van der Waals surface area contributed by atoms with E-state index in [1.165, 1.54) is 28.4 Å². The molecule has 1 aliphatic heterocycles. The molecule has 5 rings (SSSR count). The molecule has 2 aromatic heterocycles. The Morgan fingerprint density at radius 2 is 1.86 bits per heavy atom. The maximum atomic E-state index is 15.3. The Bertz CT molecular complexity index is 1460. The van der Waals surface area contributed by atoms with Crippen LogP contribution in [0, 0.1) is 24.5 Å². The molecule has 1 saturated heterocycles. The molecule has 1 unspecified atom stereocenters. The van der Waals surface area contributed by atoms with E-state index < -0.39 is 31.7 Å². The van der Waals surface area contributed by atoms with Crippen LogP contribution in [0.4, 0.5) is 14.5 Å². The number of carbonyl (C=O) groups is 1. The number of nitrogens with zero attached hydrogens (tertiary/aromatic N) is 4. The van der Waals surface area contributed by atoms with E-state index in [1.807, 2.05) is 17.6 Å². The number of hydrogen-bond donors (Lipinski definition) is 0. The number of β-lactam (4-membered cyclic amide) rings is 1. The summed E-state index contributed by atoms with van der Waals surface area (Å²) in [5.74, 6) is -2.10. The molecule has 0 aliphatic carbocycles. The highest BCUT2D eigenvalue weighted by Gasteiger charge is 2.48. The van der Waals surface area contributed by atoms with Crippen molar-refractivity contribution in [1.82, 2.24) is 14.5 Å². The summed E-state index contributed by atoms with van der Waals surface area (Å²) in [5.41, 5.74) is 2.92. The van der Waals surface area contributed by atoms with Gasteiger partial charge in [-0.1, -0.05) is 26.6 Å². The first-order valence-electron chi connectivity index (χ1n) is 12.3. The average Bonchev–Trinajstić information content (AvgIpc) is 3.45. The number of aryl methyl sites for hydroxylation is 1. The van der Waals surface area contributed by atoms with Crippen LogP contribution in [0.1, 0.15) is 23.5 Å². The number of rotatable bonds is 8. The van der Waals surface area contributed by atoms with Crippen LogP contribution in [-0.2, 0) is 16.3 Å². The lowest BCUT2D eigenvalue weighted by Crippen LogP contribution is -2.54. The summed E-state index contributed by atoms with van der Waals surface area (Å²) >= 11 is 1.42. The van der Waals surface area contributed by atoms with E-state index in [0.717, 1.165) is 16.6 Å². The van der Waals surface area contributed by atoms with Crippen LogP contribution in [0.2, 0.25) is 25.7 Å². The third-order valence-electron chi connectivity index (χ3n) is 6.78. The minimum atomic E-state index is -1.17. The Morgan fingerprint density at radius 1 is 1.14 bits per heavy atom. The highest BCUT2D eigenvalue weighted by atomic mass is 32.1. The standard InChI is InChI=1S/C27H30F2N4O2SSi/c1-16-26(25-20(28)10-18(11-21(25)29)23-13-36-17(2)31-23)33(27(16)34)19-6-7-24-22(12-19)30-14-32(24)15-35-8-9-37(3,4)5/h6-7,10-14,16,26H,8-9,15H2,1-5H3/t16-,26?/m1/s1. The SMILES string of the molecule is Cc1nc(-c2cc(F)c(C3[C@@H](C)C(=O)N3c3ccc4c(c3)ncn4COCC[Si](C)(C)C)c(F)c2)cs1. The van der Waals surface area contributed by atoms with Gasteiger partial charge in [-0.05, 0) is 43.3 Å². The first-order chi connectivity index (χ1) is 17.5. The van der Waals surface area contributed by atoms with Crippen molar-refractivity contribution in [2.45, 2.75) is 52.3 Å². The number of benzene rings is 2. The van der Waals surface area contributed by atoms with Crippen LogP contribution in [0.5, 0.6) is 0 Å². The molecule has 1 amide bonds. The summed E-state index contributed by atoms with van der Waals surface area (Å²) in [5, 5.41) is 2.59. The monoisotopic (exact) mass is 540 g/mol. The van der Waals surface area contributed by atoms with Crippen molar-refractivity contribution >= 4 is 42.0 Å². The number of anilines is 1. The molecule has 0 spiro atoms. The quantitative estimate of drug-likeness (QED) is 0.140. The third kappa shape index (κ3) is 4.97. The number of ether oxygens (including phenoxy) is 1. The summed E-state index contributed by atoms with van der Waals surface area (Å²) in [7, 11) is -1.17. The maximum Gasteiger partial charge on any atom is 0.232 e. The first kappa shape index (κ1) is 25.7. The molecule has 0 saturated carbocycles. The molecule has 0 bridgehead atoms. The average molecular weight is 541 g/mol. The molecular formula is C27H30F2N4O2SSi. The van der Waals surface area contributed by atoms with Crippen molar-refractivity contribution in [3.05, 3.63) is 64.2 Å². The van der Waals surface area contributed by atoms with Crippen LogP contribution in [-0.4, -0.2) is 35.1 Å². The molecule has 194 valence electrons. The molecule has 1 aliphatic rings. The lowest BCUT2D eigenvalue weighted by molar-refractivity contribution is -0.129. The molecule has 2 atom stereocenters. The molecule has 6 nitrogen and oxygen atoms in total. The van der Waals surface area contributed by atoms with E-state index in [4.69, 9.17) is 4.74 Å². The fourth-order valence-corrected chi connectivity index (χ4v) is 6.04. The fraction of sp³-hybridized carbons (Fsp3) is 0.370. The lowest BCUT2D eigenvalue weighted by atomic mass is 9.82. The number of amides is 1. The van der Waals surface area contributed by atoms with Gasteiger partial charge in [-0.25, -0.2) is 18.7 Å². The highest BCUT2D eigenvalue weighted by molar-refractivity contribution is 7.09. The van der Waals surface area contributed by atoms with Crippen molar-refractivity contribution in [3.63, 3.8) is 0 Å². The molecule has 2 aromatic carbocycles. The number of fused-ring (bicyclic) bond motifs is 1. The largest absolute Gasteiger partial charge is 0.361 e. The number of carbonyl (C=O) groups excluding carboxylic acids is 1. The third-order valence-corrected chi connectivity index (χ3v) is 9.26. The maximum absolute atomic E-state index is 15.3. The van der Waals surface area contributed by atoms with Crippen LogP contribution in [0.25, 0.3) is 22.3 Å². The second kappa shape index (κ2) is 9.73. The van der Waals surface area contributed by atoms with E-state index in [9.17, 15) is 4.79 Å². The van der Waals surface area contributed by atoms with Gasteiger partial charge >= 0.3 is 0 Å². The molecule has 4 aromatic rings. The summed E-state index contributed by atoms with van der Waals surface area (Å²) in [4.78, 5) is 23.1. The Hall–Kier alpha value is -2.95. The summed E-state index contributed by atoms with van der Waals surface area (Å²) < 4.78 is 38.4. The predicted octanol–water partition coefficient (Wildman–Crippen LogP) is 6.78. The van der Waals surface area contributed by atoms with Crippen molar-refractivity contribution in [2.24, 2.45) is 5.92 Å². The second-order valence-electron chi connectivity index (χ2n) is 10.8.